The summed E-state index contributed by atoms with van der Waals surface area (Å²) in [4.78, 5) is 54.5. The van der Waals surface area contributed by atoms with Crippen molar-refractivity contribution in [3.63, 3.8) is 0 Å². The highest BCUT2D eigenvalue weighted by molar-refractivity contribution is 6.20. The van der Waals surface area contributed by atoms with Crippen LogP contribution >= 0.6 is 0 Å². The van der Waals surface area contributed by atoms with Gasteiger partial charge in [0.1, 0.15) is 0 Å². The first kappa shape index (κ1) is 21.1. The summed E-state index contributed by atoms with van der Waals surface area (Å²) in [5, 5.41) is 13.8. The molecule has 2 aromatic carbocycles. The van der Waals surface area contributed by atoms with Gasteiger partial charge in [0.05, 0.1) is 17.0 Å². The fraction of sp³-hybridized carbons (Fsp3) is 0.375. The van der Waals surface area contributed by atoms with E-state index in [1.807, 2.05) is 35.2 Å². The van der Waals surface area contributed by atoms with Crippen molar-refractivity contribution < 1.29 is 19.3 Å². The molecule has 0 aromatic heterocycles. The molecule has 9 heteroatoms. The number of imide groups is 2. The van der Waals surface area contributed by atoms with Gasteiger partial charge in [-0.15, -0.1) is 0 Å². The van der Waals surface area contributed by atoms with Gasteiger partial charge < -0.3 is 4.90 Å². The van der Waals surface area contributed by atoms with Gasteiger partial charge in [0, 0.05) is 30.8 Å². The monoisotopic (exact) mass is 448 g/mol. The predicted octanol–water partition coefficient (Wildman–Crippen LogP) is 3.34. The molecule has 1 N–H and O–H groups in total. The molecule has 5 rings (SSSR count). The minimum atomic E-state index is -1.53. The van der Waals surface area contributed by atoms with E-state index in [-0.39, 0.29) is 12.1 Å². The van der Waals surface area contributed by atoms with E-state index in [0.29, 0.717) is 18.5 Å². The van der Waals surface area contributed by atoms with Crippen LogP contribution in [-0.4, -0.2) is 40.3 Å². The number of piperidine rings is 1. The summed E-state index contributed by atoms with van der Waals surface area (Å²) >= 11 is 0. The molecule has 2 aromatic rings. The lowest BCUT2D eigenvalue weighted by molar-refractivity contribution is -0.384. The third-order valence-electron chi connectivity index (χ3n) is 7.24. The molecule has 2 fully saturated rings. The summed E-state index contributed by atoms with van der Waals surface area (Å²) in [6.45, 7) is 2.40. The third kappa shape index (κ3) is 3.10. The van der Waals surface area contributed by atoms with Crippen molar-refractivity contribution in [3.05, 3.63) is 69.8 Å². The normalized spacial score (nSPS) is 25.4. The highest BCUT2D eigenvalue weighted by atomic mass is 16.6. The van der Waals surface area contributed by atoms with Gasteiger partial charge in [-0.2, -0.15) is 0 Å². The Bertz CT molecular complexity index is 1170. The maximum absolute atomic E-state index is 14.1. The number of non-ortho nitro benzene ring substituents is 1. The van der Waals surface area contributed by atoms with Crippen LogP contribution in [0.3, 0.4) is 0 Å². The number of hydrogen-bond acceptors (Lipinski definition) is 6. The third-order valence-corrected chi connectivity index (χ3v) is 7.24. The van der Waals surface area contributed by atoms with Crippen molar-refractivity contribution >= 4 is 29.2 Å². The van der Waals surface area contributed by atoms with Crippen LogP contribution in [0.4, 0.5) is 16.2 Å². The first-order chi connectivity index (χ1) is 15.8. The van der Waals surface area contributed by atoms with E-state index < -0.39 is 40.3 Å². The number of anilines is 1. The van der Waals surface area contributed by atoms with Crippen molar-refractivity contribution in [1.82, 2.24) is 10.2 Å². The zero-order chi connectivity index (χ0) is 23.3. The van der Waals surface area contributed by atoms with Gasteiger partial charge in [-0.3, -0.25) is 29.9 Å². The molecule has 0 radical (unpaired) electrons. The molecular weight excluding hydrogens is 424 g/mol. The van der Waals surface area contributed by atoms with Crippen LogP contribution in [0.1, 0.15) is 43.4 Å². The molecule has 3 atom stereocenters. The van der Waals surface area contributed by atoms with E-state index in [9.17, 15) is 24.5 Å². The highest BCUT2D eigenvalue weighted by Gasteiger charge is 2.62. The number of barbiturate groups is 1. The van der Waals surface area contributed by atoms with Gasteiger partial charge in [0.2, 0.25) is 11.8 Å². The molecule has 3 aliphatic rings. The lowest BCUT2D eigenvalue weighted by atomic mass is 9.66. The Balaban J connectivity index is 1.64. The summed E-state index contributed by atoms with van der Waals surface area (Å²) in [5.74, 6) is -1.16. The molecule has 0 aliphatic carbocycles. The average molecular weight is 448 g/mol. The summed E-state index contributed by atoms with van der Waals surface area (Å²) < 4.78 is 0. The Kier molecular flexibility index (Phi) is 4.92. The molecule has 0 bridgehead atoms. The Labute approximate surface area is 190 Å². The first-order valence-corrected chi connectivity index (χ1v) is 11.1. The van der Waals surface area contributed by atoms with Crippen LogP contribution < -0.4 is 10.2 Å². The van der Waals surface area contributed by atoms with Crippen LogP contribution in [0.5, 0.6) is 0 Å². The number of nitro benzene ring substituents is 1. The molecule has 0 saturated carbocycles. The van der Waals surface area contributed by atoms with Crippen LogP contribution in [-0.2, 0) is 16.0 Å². The lowest BCUT2D eigenvalue weighted by Crippen LogP contribution is -2.72. The number of urea groups is 1. The van der Waals surface area contributed by atoms with Crippen LogP contribution in [0.2, 0.25) is 0 Å². The SMILES string of the molecule is C[C@H](c1ccccc1)N1C(=O)NC(=O)[C@]2(Cc3cc([N+](=O)[O-])ccc3N3CCCC[C@@H]32)C1=O. The molecule has 2 saturated heterocycles. The van der Waals surface area contributed by atoms with Gasteiger partial charge in [-0.05, 0) is 43.4 Å². The van der Waals surface area contributed by atoms with E-state index in [0.717, 1.165) is 29.0 Å². The number of nitrogens with zero attached hydrogens (tertiary/aromatic N) is 3. The number of nitro groups is 1. The van der Waals surface area contributed by atoms with Crippen LogP contribution in [0.25, 0.3) is 0 Å². The number of amides is 4. The Morgan fingerprint density at radius 2 is 1.88 bits per heavy atom. The summed E-state index contributed by atoms with van der Waals surface area (Å²) in [6, 6.07) is 12.1. The minimum absolute atomic E-state index is 0.0150. The van der Waals surface area contributed by atoms with Crippen LogP contribution in [0.15, 0.2) is 48.5 Å². The van der Waals surface area contributed by atoms with Crippen LogP contribution in [0, 0.1) is 15.5 Å². The average Bonchev–Trinajstić information content (AvgIpc) is 2.82. The molecular formula is C24H24N4O5. The quantitative estimate of drug-likeness (QED) is 0.438. The zero-order valence-corrected chi connectivity index (χ0v) is 18.2. The maximum Gasteiger partial charge on any atom is 0.331 e. The summed E-state index contributed by atoms with van der Waals surface area (Å²) in [5.41, 5.74) is 0.551. The minimum Gasteiger partial charge on any atom is -0.367 e. The Hall–Kier alpha value is -3.75. The second-order valence-electron chi connectivity index (χ2n) is 8.94. The van der Waals surface area contributed by atoms with Gasteiger partial charge in [0.15, 0.2) is 5.41 Å². The second-order valence-corrected chi connectivity index (χ2v) is 8.94. The van der Waals surface area contributed by atoms with E-state index >= 15 is 0 Å². The topological polar surface area (TPSA) is 113 Å². The molecule has 9 nitrogen and oxygen atoms in total. The van der Waals surface area contributed by atoms with Gasteiger partial charge in [0.25, 0.3) is 5.69 Å². The fourth-order valence-electron chi connectivity index (χ4n) is 5.61. The molecule has 170 valence electrons. The fourth-order valence-corrected chi connectivity index (χ4v) is 5.61. The van der Waals surface area contributed by atoms with Crippen molar-refractivity contribution in [2.24, 2.45) is 5.41 Å². The largest absolute Gasteiger partial charge is 0.367 e. The van der Waals surface area contributed by atoms with E-state index in [4.69, 9.17) is 0 Å². The zero-order valence-electron chi connectivity index (χ0n) is 18.2. The Morgan fingerprint density at radius 3 is 2.61 bits per heavy atom. The highest BCUT2D eigenvalue weighted by Crippen LogP contribution is 2.49. The first-order valence-electron chi connectivity index (χ1n) is 11.1. The number of carbonyl (C=O) groups excluding carboxylic acids is 3. The van der Waals surface area contributed by atoms with E-state index in [1.54, 1.807) is 13.0 Å². The number of carbonyl (C=O) groups is 3. The number of fused-ring (bicyclic) bond motifs is 4. The molecule has 33 heavy (non-hydrogen) atoms. The van der Waals surface area contributed by atoms with Crippen molar-refractivity contribution in [2.45, 2.75) is 44.7 Å². The number of hydrogen-bond donors (Lipinski definition) is 1. The molecule has 4 amide bonds. The number of rotatable bonds is 3. The number of nitrogens with one attached hydrogen (secondary N) is 1. The summed E-state index contributed by atoms with van der Waals surface area (Å²) in [7, 11) is 0. The van der Waals surface area contributed by atoms with E-state index in [1.165, 1.54) is 12.1 Å². The van der Waals surface area contributed by atoms with Crippen molar-refractivity contribution in [1.29, 1.82) is 0 Å². The number of benzene rings is 2. The predicted molar refractivity (Wildman–Crippen MR) is 119 cm³/mol. The molecule has 0 unspecified atom stereocenters. The molecule has 1 spiro atoms. The second kappa shape index (κ2) is 7.68. The van der Waals surface area contributed by atoms with Crippen molar-refractivity contribution in [2.75, 3.05) is 11.4 Å². The van der Waals surface area contributed by atoms with E-state index in [2.05, 4.69) is 5.32 Å². The Morgan fingerprint density at radius 1 is 1.12 bits per heavy atom. The van der Waals surface area contributed by atoms with Gasteiger partial charge in [-0.25, -0.2) is 4.79 Å². The van der Waals surface area contributed by atoms with Crippen molar-refractivity contribution in [3.8, 4) is 0 Å². The maximum atomic E-state index is 14.1. The lowest BCUT2D eigenvalue weighted by Gasteiger charge is -2.54. The van der Waals surface area contributed by atoms with Gasteiger partial charge >= 0.3 is 6.03 Å². The van der Waals surface area contributed by atoms with Gasteiger partial charge in [-0.1, -0.05) is 30.3 Å². The molecule has 3 heterocycles. The standard InChI is InChI=1S/C24H24N4O5/c1-15(16-7-3-2-4-8-16)27-22(30)24(21(29)25-23(27)31)14-17-13-18(28(32)33)10-11-19(17)26-12-6-5-9-20(24)26/h2-4,7-8,10-11,13,15,20H,5-6,9,12,14H2,1H3,(H,25,29,31)/t15-,20-,24-/m1/s1. The molecule has 3 aliphatic heterocycles. The summed E-state index contributed by atoms with van der Waals surface area (Å²) in [6.07, 6.45) is 2.38. The smallest absolute Gasteiger partial charge is 0.331 e.